The molecular formula is C11H10BrNO2. The number of esters is 1. The predicted molar refractivity (Wildman–Crippen MR) is 58.7 cm³/mol. The second kappa shape index (κ2) is 2.83. The lowest BCUT2D eigenvalue weighted by Gasteiger charge is -2.44. The molecule has 4 heteroatoms. The highest BCUT2D eigenvalue weighted by Crippen LogP contribution is 2.44. The van der Waals surface area contributed by atoms with Crippen LogP contribution in [0.15, 0.2) is 22.7 Å². The maximum atomic E-state index is 11.7. The Morgan fingerprint density at radius 2 is 2.20 bits per heavy atom. The third-order valence-electron chi connectivity index (χ3n) is 3.05. The number of carbonyl (C=O) groups excluding carboxylic acids is 1. The Labute approximate surface area is 96.1 Å². The molecule has 0 unspecified atom stereocenters. The monoisotopic (exact) mass is 267 g/mol. The molecule has 0 saturated carbocycles. The van der Waals surface area contributed by atoms with Gasteiger partial charge in [-0.25, -0.2) is 4.79 Å². The van der Waals surface area contributed by atoms with Gasteiger partial charge in [-0.1, -0.05) is 12.1 Å². The number of benzene rings is 1. The summed E-state index contributed by atoms with van der Waals surface area (Å²) in [6, 6.07) is 5.81. The van der Waals surface area contributed by atoms with Gasteiger partial charge in [0.2, 0.25) is 0 Å². The Bertz CT molecular complexity index is 452. The van der Waals surface area contributed by atoms with Crippen molar-refractivity contribution in [3.63, 3.8) is 0 Å². The molecule has 0 bridgehead atoms. The molecule has 1 saturated heterocycles. The van der Waals surface area contributed by atoms with Crippen molar-refractivity contribution in [3.05, 3.63) is 33.8 Å². The molecule has 1 aromatic carbocycles. The average Bonchev–Trinajstić information content (AvgIpc) is 2.41. The molecule has 2 heterocycles. The van der Waals surface area contributed by atoms with E-state index in [1.807, 2.05) is 25.2 Å². The molecule has 15 heavy (non-hydrogen) atoms. The van der Waals surface area contributed by atoms with Crippen molar-refractivity contribution in [2.24, 2.45) is 0 Å². The zero-order valence-corrected chi connectivity index (χ0v) is 9.87. The Morgan fingerprint density at radius 3 is 2.87 bits per heavy atom. The number of hydrogen-bond acceptors (Lipinski definition) is 3. The van der Waals surface area contributed by atoms with Gasteiger partial charge in [-0.05, 0) is 29.0 Å². The molecule has 3 nitrogen and oxygen atoms in total. The van der Waals surface area contributed by atoms with E-state index >= 15 is 0 Å². The zero-order valence-electron chi connectivity index (χ0n) is 8.29. The molecule has 3 rings (SSSR count). The highest BCUT2D eigenvalue weighted by Gasteiger charge is 2.53. The fraction of sp³-hybridized carbons (Fsp3) is 0.364. The second-order valence-electron chi connectivity index (χ2n) is 4.22. The summed E-state index contributed by atoms with van der Waals surface area (Å²) < 4.78 is 6.33. The summed E-state index contributed by atoms with van der Waals surface area (Å²) in [4.78, 5) is 13.9. The van der Waals surface area contributed by atoms with Gasteiger partial charge in [0.05, 0.1) is 5.56 Å². The number of halogens is 1. The first-order valence-corrected chi connectivity index (χ1v) is 5.63. The van der Waals surface area contributed by atoms with Gasteiger partial charge in [0, 0.05) is 23.1 Å². The summed E-state index contributed by atoms with van der Waals surface area (Å²) in [6.07, 6.45) is 0. The minimum atomic E-state index is -0.370. The Hall–Kier alpha value is -0.870. The predicted octanol–water partition coefficient (Wildman–Crippen LogP) is 1.76. The molecule has 0 N–H and O–H groups in total. The standard InChI is InChI=1S/C11H10BrNO2/c1-13-5-11(6-13)7-3-2-4-8(12)9(7)10(14)15-11/h2-4H,5-6H2,1H3. The average molecular weight is 268 g/mol. The highest BCUT2D eigenvalue weighted by atomic mass is 79.9. The molecule has 1 spiro atoms. The number of ether oxygens (including phenoxy) is 1. The molecule has 0 atom stereocenters. The van der Waals surface area contributed by atoms with E-state index in [1.165, 1.54) is 0 Å². The van der Waals surface area contributed by atoms with Crippen molar-refractivity contribution in [3.8, 4) is 0 Å². The summed E-state index contributed by atoms with van der Waals surface area (Å²) in [7, 11) is 2.02. The van der Waals surface area contributed by atoms with Gasteiger partial charge in [0.25, 0.3) is 0 Å². The molecule has 2 aliphatic heterocycles. The first-order chi connectivity index (χ1) is 7.12. The second-order valence-corrected chi connectivity index (χ2v) is 5.07. The van der Waals surface area contributed by atoms with Gasteiger partial charge in [0.15, 0.2) is 5.60 Å². The topological polar surface area (TPSA) is 29.5 Å². The van der Waals surface area contributed by atoms with Gasteiger partial charge < -0.3 is 4.74 Å². The number of hydrogen-bond donors (Lipinski definition) is 0. The minimum Gasteiger partial charge on any atom is -0.448 e. The van der Waals surface area contributed by atoms with Gasteiger partial charge in [-0.2, -0.15) is 0 Å². The normalized spacial score (nSPS) is 22.4. The van der Waals surface area contributed by atoms with Crippen LogP contribution in [0.1, 0.15) is 15.9 Å². The zero-order chi connectivity index (χ0) is 10.6. The van der Waals surface area contributed by atoms with Crippen LogP contribution in [0.3, 0.4) is 0 Å². The summed E-state index contributed by atoms with van der Waals surface area (Å²) in [5, 5.41) is 0. The molecular weight excluding hydrogens is 258 g/mol. The third kappa shape index (κ3) is 1.12. The minimum absolute atomic E-state index is 0.203. The van der Waals surface area contributed by atoms with E-state index in [-0.39, 0.29) is 11.6 Å². The van der Waals surface area contributed by atoms with Crippen LogP contribution < -0.4 is 0 Å². The van der Waals surface area contributed by atoms with Crippen LogP contribution in [0.25, 0.3) is 0 Å². The first-order valence-electron chi connectivity index (χ1n) is 4.83. The van der Waals surface area contributed by atoms with Gasteiger partial charge in [-0.3, -0.25) is 4.90 Å². The Kier molecular flexibility index (Phi) is 1.77. The van der Waals surface area contributed by atoms with Crippen molar-refractivity contribution in [2.45, 2.75) is 5.60 Å². The number of likely N-dealkylation sites (N-methyl/N-ethyl adjacent to an activating group) is 1. The fourth-order valence-electron chi connectivity index (χ4n) is 2.46. The van der Waals surface area contributed by atoms with E-state index < -0.39 is 0 Å². The number of likely N-dealkylation sites (tertiary alicyclic amines) is 1. The van der Waals surface area contributed by atoms with Crippen LogP contribution in [0, 0.1) is 0 Å². The molecule has 0 radical (unpaired) electrons. The van der Waals surface area contributed by atoms with E-state index in [1.54, 1.807) is 0 Å². The molecule has 0 aliphatic carbocycles. The van der Waals surface area contributed by atoms with E-state index in [9.17, 15) is 4.79 Å². The smallest absolute Gasteiger partial charge is 0.340 e. The van der Waals surface area contributed by atoms with Crippen molar-refractivity contribution < 1.29 is 9.53 Å². The lowest BCUT2D eigenvalue weighted by molar-refractivity contribution is -0.0943. The SMILES string of the molecule is CN1CC2(C1)OC(=O)c1c(Br)cccc12. The van der Waals surface area contributed by atoms with Gasteiger partial charge in [-0.15, -0.1) is 0 Å². The van der Waals surface area contributed by atoms with Crippen LogP contribution >= 0.6 is 15.9 Å². The molecule has 1 aromatic rings. The van der Waals surface area contributed by atoms with Gasteiger partial charge in [0.1, 0.15) is 0 Å². The summed E-state index contributed by atoms with van der Waals surface area (Å²) >= 11 is 3.39. The van der Waals surface area contributed by atoms with Crippen molar-refractivity contribution in [1.82, 2.24) is 4.90 Å². The number of fused-ring (bicyclic) bond motifs is 2. The fourth-order valence-corrected chi connectivity index (χ4v) is 2.98. The summed E-state index contributed by atoms with van der Waals surface area (Å²) in [6.45, 7) is 1.59. The van der Waals surface area contributed by atoms with E-state index in [2.05, 4.69) is 20.8 Å². The van der Waals surface area contributed by atoms with Crippen LogP contribution in [0.4, 0.5) is 0 Å². The maximum Gasteiger partial charge on any atom is 0.340 e. The summed E-state index contributed by atoms with van der Waals surface area (Å²) in [5.41, 5.74) is 1.36. The molecule has 0 aromatic heterocycles. The quantitative estimate of drug-likeness (QED) is 0.671. The lowest BCUT2D eigenvalue weighted by Crippen LogP contribution is -2.57. The molecule has 1 fully saturated rings. The molecule has 0 amide bonds. The third-order valence-corrected chi connectivity index (χ3v) is 3.71. The van der Waals surface area contributed by atoms with E-state index in [0.29, 0.717) is 5.56 Å². The molecule has 2 aliphatic rings. The van der Waals surface area contributed by atoms with Crippen LogP contribution in [0.5, 0.6) is 0 Å². The largest absolute Gasteiger partial charge is 0.448 e. The summed E-state index contributed by atoms with van der Waals surface area (Å²) in [5.74, 6) is -0.203. The van der Waals surface area contributed by atoms with Crippen molar-refractivity contribution in [1.29, 1.82) is 0 Å². The lowest BCUT2D eigenvalue weighted by atomic mass is 9.86. The number of carbonyl (C=O) groups is 1. The van der Waals surface area contributed by atoms with Gasteiger partial charge >= 0.3 is 5.97 Å². The molecule has 78 valence electrons. The highest BCUT2D eigenvalue weighted by molar-refractivity contribution is 9.10. The Balaban J connectivity index is 2.15. The number of rotatable bonds is 0. The van der Waals surface area contributed by atoms with Crippen LogP contribution in [-0.2, 0) is 10.3 Å². The van der Waals surface area contributed by atoms with Crippen molar-refractivity contribution in [2.75, 3.05) is 20.1 Å². The van der Waals surface area contributed by atoms with E-state index in [4.69, 9.17) is 4.74 Å². The van der Waals surface area contributed by atoms with E-state index in [0.717, 1.165) is 23.1 Å². The Morgan fingerprint density at radius 1 is 1.47 bits per heavy atom. The first kappa shape index (κ1) is 9.36. The van der Waals surface area contributed by atoms with Crippen LogP contribution in [-0.4, -0.2) is 31.0 Å². The number of nitrogens with zero attached hydrogens (tertiary/aromatic N) is 1. The van der Waals surface area contributed by atoms with Crippen LogP contribution in [0.2, 0.25) is 0 Å². The van der Waals surface area contributed by atoms with Crippen molar-refractivity contribution >= 4 is 21.9 Å². The maximum absolute atomic E-state index is 11.7.